The Labute approximate surface area is 117 Å². The van der Waals surface area contributed by atoms with Crippen molar-refractivity contribution < 1.29 is 0 Å². The van der Waals surface area contributed by atoms with Crippen molar-refractivity contribution in [3.8, 4) is 0 Å². The largest absolute Gasteiger partial charge is 0.317 e. The molecule has 0 amide bonds. The van der Waals surface area contributed by atoms with E-state index in [4.69, 9.17) is 0 Å². The second-order valence-electron chi connectivity index (χ2n) is 6.23. The molecule has 0 saturated carbocycles. The molecule has 1 N–H and O–H groups in total. The number of rotatable bonds is 3. The number of piperidine rings is 2. The summed E-state index contributed by atoms with van der Waals surface area (Å²) < 4.78 is 0. The molecule has 3 rings (SSSR count). The molecule has 2 nitrogen and oxygen atoms in total. The van der Waals surface area contributed by atoms with Crippen molar-refractivity contribution in [1.29, 1.82) is 0 Å². The van der Waals surface area contributed by atoms with Crippen LogP contribution >= 0.6 is 0 Å². The molecular weight excluding hydrogens is 232 g/mol. The van der Waals surface area contributed by atoms with Crippen molar-refractivity contribution in [3.63, 3.8) is 0 Å². The van der Waals surface area contributed by atoms with Crippen molar-refractivity contribution in [3.05, 3.63) is 35.9 Å². The van der Waals surface area contributed by atoms with Gasteiger partial charge in [-0.2, -0.15) is 0 Å². The van der Waals surface area contributed by atoms with E-state index >= 15 is 0 Å². The van der Waals surface area contributed by atoms with E-state index in [9.17, 15) is 0 Å². The molecule has 3 unspecified atom stereocenters. The van der Waals surface area contributed by atoms with Gasteiger partial charge in [0.1, 0.15) is 0 Å². The van der Waals surface area contributed by atoms with Gasteiger partial charge in [0.25, 0.3) is 0 Å². The van der Waals surface area contributed by atoms with Crippen molar-refractivity contribution in [2.45, 2.75) is 63.2 Å². The summed E-state index contributed by atoms with van der Waals surface area (Å²) in [6, 6.07) is 13.9. The summed E-state index contributed by atoms with van der Waals surface area (Å²) in [6.07, 6.45) is 6.83. The van der Waals surface area contributed by atoms with E-state index in [2.05, 4.69) is 54.5 Å². The molecule has 2 heteroatoms. The van der Waals surface area contributed by atoms with E-state index in [0.717, 1.165) is 18.1 Å². The summed E-state index contributed by atoms with van der Waals surface area (Å²) in [6.45, 7) is 2.39. The number of hydrogen-bond donors (Lipinski definition) is 1. The SMILES string of the molecule is CNC1CC2CCCC(C1)N2C(C)c1ccccc1. The van der Waals surface area contributed by atoms with Gasteiger partial charge < -0.3 is 5.32 Å². The minimum absolute atomic E-state index is 0.564. The van der Waals surface area contributed by atoms with Crippen molar-refractivity contribution in [2.24, 2.45) is 0 Å². The number of fused-ring (bicyclic) bond motifs is 2. The molecule has 19 heavy (non-hydrogen) atoms. The predicted molar refractivity (Wildman–Crippen MR) is 80.2 cm³/mol. The highest BCUT2D eigenvalue weighted by Gasteiger charge is 2.40. The molecule has 0 radical (unpaired) electrons. The quantitative estimate of drug-likeness (QED) is 0.894. The summed E-state index contributed by atoms with van der Waals surface area (Å²) >= 11 is 0. The van der Waals surface area contributed by atoms with E-state index in [1.165, 1.54) is 37.7 Å². The molecule has 104 valence electrons. The van der Waals surface area contributed by atoms with Gasteiger partial charge in [0.05, 0.1) is 0 Å². The third-order valence-corrected chi connectivity index (χ3v) is 5.17. The average molecular weight is 258 g/mol. The molecule has 2 heterocycles. The van der Waals surface area contributed by atoms with Crippen LogP contribution in [0.25, 0.3) is 0 Å². The molecular formula is C17H26N2. The molecule has 0 aromatic heterocycles. The van der Waals surface area contributed by atoms with Gasteiger partial charge in [-0.15, -0.1) is 0 Å². The Hall–Kier alpha value is -0.860. The first-order valence-electron chi connectivity index (χ1n) is 7.79. The van der Waals surface area contributed by atoms with Crippen LogP contribution in [-0.2, 0) is 0 Å². The monoisotopic (exact) mass is 258 g/mol. The van der Waals surface area contributed by atoms with Crippen molar-refractivity contribution in [1.82, 2.24) is 10.2 Å². The lowest BCUT2D eigenvalue weighted by Gasteiger charge is -2.51. The highest BCUT2D eigenvalue weighted by Crippen LogP contribution is 2.39. The highest BCUT2D eigenvalue weighted by molar-refractivity contribution is 5.19. The van der Waals surface area contributed by atoms with Crippen molar-refractivity contribution >= 4 is 0 Å². The van der Waals surface area contributed by atoms with Gasteiger partial charge in [-0.1, -0.05) is 36.8 Å². The van der Waals surface area contributed by atoms with Crippen LogP contribution in [-0.4, -0.2) is 30.1 Å². The topological polar surface area (TPSA) is 15.3 Å². The van der Waals surface area contributed by atoms with Gasteiger partial charge >= 0.3 is 0 Å². The third kappa shape index (κ3) is 2.56. The van der Waals surface area contributed by atoms with Crippen LogP contribution in [0.15, 0.2) is 30.3 Å². The maximum absolute atomic E-state index is 3.51. The second kappa shape index (κ2) is 5.64. The smallest absolute Gasteiger partial charge is 0.0325 e. The molecule has 2 bridgehead atoms. The maximum atomic E-state index is 3.51. The number of nitrogens with zero attached hydrogens (tertiary/aromatic N) is 1. The van der Waals surface area contributed by atoms with Gasteiger partial charge in [-0.25, -0.2) is 0 Å². The molecule has 1 aromatic carbocycles. The first kappa shape index (κ1) is 13.1. The van der Waals surface area contributed by atoms with Crippen LogP contribution in [0.4, 0.5) is 0 Å². The van der Waals surface area contributed by atoms with E-state index in [1.54, 1.807) is 0 Å². The van der Waals surface area contributed by atoms with Gasteiger partial charge in [-0.05, 0) is 45.2 Å². The molecule has 2 aliphatic rings. The highest BCUT2D eigenvalue weighted by atomic mass is 15.2. The Morgan fingerprint density at radius 2 is 1.74 bits per heavy atom. The summed E-state index contributed by atoms with van der Waals surface area (Å²) in [5.41, 5.74) is 1.47. The fraction of sp³-hybridized carbons (Fsp3) is 0.647. The Morgan fingerprint density at radius 1 is 1.11 bits per heavy atom. The van der Waals surface area contributed by atoms with Gasteiger partial charge in [0, 0.05) is 24.2 Å². The Balaban J connectivity index is 1.80. The lowest BCUT2D eigenvalue weighted by Crippen LogP contribution is -2.56. The van der Waals surface area contributed by atoms with E-state index < -0.39 is 0 Å². The van der Waals surface area contributed by atoms with E-state index in [0.29, 0.717) is 6.04 Å². The summed E-state index contributed by atoms with van der Waals surface area (Å²) in [5.74, 6) is 0. The molecule has 0 spiro atoms. The molecule has 2 aliphatic heterocycles. The van der Waals surface area contributed by atoms with Crippen LogP contribution in [0, 0.1) is 0 Å². The minimum atomic E-state index is 0.564. The standard InChI is InChI=1S/C17H26N2/c1-13(14-7-4-3-5-8-14)19-16-9-6-10-17(19)12-15(11-16)18-2/h3-5,7-8,13,15-18H,6,9-12H2,1-2H3. The summed E-state index contributed by atoms with van der Waals surface area (Å²) in [4.78, 5) is 2.81. The molecule has 2 saturated heterocycles. The molecule has 2 fully saturated rings. The fourth-order valence-corrected chi connectivity index (χ4v) is 4.19. The number of nitrogens with one attached hydrogen (secondary N) is 1. The Morgan fingerprint density at radius 3 is 2.32 bits per heavy atom. The average Bonchev–Trinajstić information content (AvgIpc) is 2.46. The van der Waals surface area contributed by atoms with Crippen LogP contribution in [0.5, 0.6) is 0 Å². The molecule has 3 atom stereocenters. The minimum Gasteiger partial charge on any atom is -0.317 e. The molecule has 0 aliphatic carbocycles. The summed E-state index contributed by atoms with van der Waals surface area (Å²) in [5, 5.41) is 3.51. The zero-order valence-electron chi connectivity index (χ0n) is 12.2. The first-order valence-corrected chi connectivity index (χ1v) is 7.79. The van der Waals surface area contributed by atoms with Gasteiger partial charge in [-0.3, -0.25) is 4.90 Å². The Bertz CT molecular complexity index is 389. The second-order valence-corrected chi connectivity index (χ2v) is 6.23. The molecule has 1 aromatic rings. The van der Waals surface area contributed by atoms with Crippen LogP contribution in [0.1, 0.15) is 50.6 Å². The first-order chi connectivity index (χ1) is 9.29. The van der Waals surface area contributed by atoms with Crippen LogP contribution in [0.3, 0.4) is 0 Å². The zero-order chi connectivity index (χ0) is 13.2. The lowest BCUT2D eigenvalue weighted by atomic mass is 9.80. The van der Waals surface area contributed by atoms with Crippen LogP contribution in [0.2, 0.25) is 0 Å². The van der Waals surface area contributed by atoms with E-state index in [1.807, 2.05) is 0 Å². The fourth-order valence-electron chi connectivity index (χ4n) is 4.19. The van der Waals surface area contributed by atoms with Crippen LogP contribution < -0.4 is 5.32 Å². The lowest BCUT2D eigenvalue weighted by molar-refractivity contribution is -0.00515. The Kier molecular flexibility index (Phi) is 3.90. The number of benzene rings is 1. The normalized spacial score (nSPS) is 33.1. The third-order valence-electron chi connectivity index (χ3n) is 5.17. The zero-order valence-corrected chi connectivity index (χ0v) is 12.2. The predicted octanol–water partition coefficient (Wildman–Crippen LogP) is 3.35. The van der Waals surface area contributed by atoms with E-state index in [-0.39, 0.29) is 0 Å². The van der Waals surface area contributed by atoms with Crippen molar-refractivity contribution in [2.75, 3.05) is 7.05 Å². The summed E-state index contributed by atoms with van der Waals surface area (Å²) in [7, 11) is 2.12. The van der Waals surface area contributed by atoms with Gasteiger partial charge in [0.15, 0.2) is 0 Å². The number of hydrogen-bond acceptors (Lipinski definition) is 2. The maximum Gasteiger partial charge on any atom is 0.0325 e. The van der Waals surface area contributed by atoms with Gasteiger partial charge in [0.2, 0.25) is 0 Å².